The molecule has 0 fully saturated rings. The lowest BCUT2D eigenvalue weighted by molar-refractivity contribution is -0.122. The zero-order valence-electron chi connectivity index (χ0n) is 11.2. The van der Waals surface area contributed by atoms with Crippen LogP contribution >= 0.6 is 0 Å². The van der Waals surface area contributed by atoms with Crippen LogP contribution in [0.25, 0.3) is 0 Å². The molecule has 1 amide bonds. The Hall–Kier alpha value is -0.650. The van der Waals surface area contributed by atoms with Crippen molar-refractivity contribution in [1.82, 2.24) is 10.6 Å². The van der Waals surface area contributed by atoms with E-state index in [0.717, 1.165) is 19.4 Å². The minimum atomic E-state index is -0.196. The number of aliphatic hydroxyl groups excluding tert-OH is 1. The molecule has 5 nitrogen and oxygen atoms in total. The molecule has 0 heterocycles. The molecule has 5 heteroatoms. The molecule has 0 saturated carbocycles. The van der Waals surface area contributed by atoms with Crippen molar-refractivity contribution in [3.8, 4) is 0 Å². The third-order valence-corrected chi connectivity index (χ3v) is 2.61. The predicted octanol–water partition coefficient (Wildman–Crippen LogP) is 0.136. The van der Waals surface area contributed by atoms with Gasteiger partial charge in [0.05, 0.1) is 6.04 Å². The van der Waals surface area contributed by atoms with Gasteiger partial charge in [0, 0.05) is 26.9 Å². The molecule has 0 bridgehead atoms. The van der Waals surface area contributed by atoms with Gasteiger partial charge in [-0.1, -0.05) is 6.92 Å². The number of aliphatic hydroxyl groups is 1. The summed E-state index contributed by atoms with van der Waals surface area (Å²) >= 11 is 0. The second-order valence-electron chi connectivity index (χ2n) is 4.38. The van der Waals surface area contributed by atoms with Crippen LogP contribution in [0.1, 0.15) is 26.7 Å². The molecule has 2 unspecified atom stereocenters. The van der Waals surface area contributed by atoms with Crippen molar-refractivity contribution in [2.24, 2.45) is 5.92 Å². The maximum absolute atomic E-state index is 11.6. The van der Waals surface area contributed by atoms with Gasteiger partial charge in [-0.2, -0.15) is 0 Å². The summed E-state index contributed by atoms with van der Waals surface area (Å²) < 4.78 is 4.90. The van der Waals surface area contributed by atoms with E-state index < -0.39 is 0 Å². The molecule has 0 spiro atoms. The first-order valence-electron chi connectivity index (χ1n) is 6.22. The Bertz CT molecular complexity index is 200. The average molecular weight is 246 g/mol. The smallest absolute Gasteiger partial charge is 0.236 e. The summed E-state index contributed by atoms with van der Waals surface area (Å²) in [5.41, 5.74) is 0. The Morgan fingerprint density at radius 2 is 2.12 bits per heavy atom. The van der Waals surface area contributed by atoms with Gasteiger partial charge in [0.25, 0.3) is 0 Å². The largest absolute Gasteiger partial charge is 0.396 e. The number of methoxy groups -OCH3 is 1. The Kier molecular flexibility index (Phi) is 10.1. The van der Waals surface area contributed by atoms with Gasteiger partial charge in [-0.3, -0.25) is 4.79 Å². The van der Waals surface area contributed by atoms with Crippen molar-refractivity contribution >= 4 is 5.91 Å². The fourth-order valence-corrected chi connectivity index (χ4v) is 1.37. The maximum atomic E-state index is 11.6. The molecule has 102 valence electrons. The maximum Gasteiger partial charge on any atom is 0.236 e. The summed E-state index contributed by atoms with van der Waals surface area (Å²) in [6.07, 6.45) is 1.59. The lowest BCUT2D eigenvalue weighted by atomic mass is 10.1. The van der Waals surface area contributed by atoms with E-state index in [-0.39, 0.29) is 18.6 Å². The second kappa shape index (κ2) is 10.5. The average Bonchev–Trinajstić information content (AvgIpc) is 2.31. The Morgan fingerprint density at radius 3 is 2.71 bits per heavy atom. The molecule has 3 N–H and O–H groups in total. The van der Waals surface area contributed by atoms with Gasteiger partial charge >= 0.3 is 0 Å². The molecular weight excluding hydrogens is 220 g/mol. The van der Waals surface area contributed by atoms with E-state index in [2.05, 4.69) is 10.6 Å². The molecule has 0 aliphatic carbocycles. The van der Waals surface area contributed by atoms with Gasteiger partial charge in [-0.15, -0.1) is 0 Å². The molecule has 0 aromatic rings. The highest BCUT2D eigenvalue weighted by Gasteiger charge is 2.12. The van der Waals surface area contributed by atoms with Crippen LogP contribution < -0.4 is 10.6 Å². The Labute approximate surface area is 104 Å². The lowest BCUT2D eigenvalue weighted by Crippen LogP contribution is -2.44. The topological polar surface area (TPSA) is 70.6 Å². The van der Waals surface area contributed by atoms with Crippen LogP contribution in [-0.4, -0.2) is 50.5 Å². The molecule has 0 saturated heterocycles. The monoisotopic (exact) mass is 246 g/mol. The molecule has 17 heavy (non-hydrogen) atoms. The number of nitrogens with one attached hydrogen (secondary N) is 2. The molecule has 0 aliphatic rings. The summed E-state index contributed by atoms with van der Waals surface area (Å²) in [5.74, 6) is 0.390. The summed E-state index contributed by atoms with van der Waals surface area (Å²) in [4.78, 5) is 11.6. The second-order valence-corrected chi connectivity index (χ2v) is 4.38. The van der Waals surface area contributed by atoms with Crippen LogP contribution in [0.5, 0.6) is 0 Å². The number of hydrogen-bond donors (Lipinski definition) is 3. The van der Waals surface area contributed by atoms with E-state index >= 15 is 0 Å². The lowest BCUT2D eigenvalue weighted by Gasteiger charge is -2.17. The third-order valence-electron chi connectivity index (χ3n) is 2.61. The Balaban J connectivity index is 3.59. The van der Waals surface area contributed by atoms with Crippen LogP contribution in [0.2, 0.25) is 0 Å². The molecule has 0 aromatic carbocycles. The molecular formula is C12H26N2O3. The zero-order valence-corrected chi connectivity index (χ0v) is 11.2. The van der Waals surface area contributed by atoms with Crippen molar-refractivity contribution in [1.29, 1.82) is 0 Å². The number of hydrogen-bond acceptors (Lipinski definition) is 4. The molecule has 0 aliphatic heterocycles. The minimum absolute atomic E-state index is 0.0114. The fraction of sp³-hybridized carbons (Fsp3) is 0.917. The summed E-state index contributed by atoms with van der Waals surface area (Å²) in [7, 11) is 1.65. The van der Waals surface area contributed by atoms with Crippen LogP contribution in [0.3, 0.4) is 0 Å². The normalized spacial score (nSPS) is 14.4. The van der Waals surface area contributed by atoms with Crippen molar-refractivity contribution < 1.29 is 14.6 Å². The van der Waals surface area contributed by atoms with E-state index in [1.807, 2.05) is 13.8 Å². The van der Waals surface area contributed by atoms with E-state index in [1.165, 1.54) is 0 Å². The third kappa shape index (κ3) is 9.09. The highest BCUT2D eigenvalue weighted by molar-refractivity contribution is 5.81. The first-order chi connectivity index (χ1) is 8.11. The molecule has 0 rings (SSSR count). The minimum Gasteiger partial charge on any atom is -0.396 e. The molecule has 0 aromatic heterocycles. The molecule has 0 radical (unpaired) electrons. The van der Waals surface area contributed by atoms with E-state index in [1.54, 1.807) is 7.11 Å². The van der Waals surface area contributed by atoms with Crippen molar-refractivity contribution in [2.45, 2.75) is 32.7 Å². The van der Waals surface area contributed by atoms with Crippen molar-refractivity contribution in [2.75, 3.05) is 33.4 Å². The number of ether oxygens (including phenoxy) is 1. The number of carbonyl (C=O) groups excluding carboxylic acids is 1. The van der Waals surface area contributed by atoms with Gasteiger partial charge in [-0.05, 0) is 32.2 Å². The van der Waals surface area contributed by atoms with Gasteiger partial charge in [0.2, 0.25) is 5.91 Å². The van der Waals surface area contributed by atoms with Crippen LogP contribution in [0.15, 0.2) is 0 Å². The summed E-state index contributed by atoms with van der Waals surface area (Å²) in [5, 5.41) is 14.8. The van der Waals surface area contributed by atoms with Crippen LogP contribution in [-0.2, 0) is 9.53 Å². The van der Waals surface area contributed by atoms with Crippen LogP contribution in [0.4, 0.5) is 0 Å². The van der Waals surface area contributed by atoms with Gasteiger partial charge in [0.1, 0.15) is 0 Å². The first-order valence-corrected chi connectivity index (χ1v) is 6.22. The first kappa shape index (κ1) is 16.4. The van der Waals surface area contributed by atoms with E-state index in [4.69, 9.17) is 9.84 Å². The van der Waals surface area contributed by atoms with E-state index in [9.17, 15) is 4.79 Å². The summed E-state index contributed by atoms with van der Waals surface area (Å²) in [6, 6.07) is -0.196. The number of rotatable bonds is 10. The summed E-state index contributed by atoms with van der Waals surface area (Å²) in [6.45, 7) is 6.14. The quantitative estimate of drug-likeness (QED) is 0.479. The van der Waals surface area contributed by atoms with Gasteiger partial charge < -0.3 is 20.5 Å². The van der Waals surface area contributed by atoms with Gasteiger partial charge in [-0.25, -0.2) is 0 Å². The molecule has 2 atom stereocenters. The highest BCUT2D eigenvalue weighted by Crippen LogP contribution is 1.98. The van der Waals surface area contributed by atoms with Gasteiger partial charge in [0.15, 0.2) is 0 Å². The standard InChI is InChI=1S/C12H26N2O3/c1-10(5-7-15)9-14-11(2)12(16)13-6-4-8-17-3/h10-11,14-15H,4-9H2,1-3H3,(H,13,16). The Morgan fingerprint density at radius 1 is 1.41 bits per heavy atom. The SMILES string of the molecule is COCCCNC(=O)C(C)NCC(C)CCO. The number of amides is 1. The fourth-order valence-electron chi connectivity index (χ4n) is 1.37. The highest BCUT2D eigenvalue weighted by atomic mass is 16.5. The van der Waals surface area contributed by atoms with E-state index in [0.29, 0.717) is 19.1 Å². The predicted molar refractivity (Wildman–Crippen MR) is 67.8 cm³/mol. The number of carbonyl (C=O) groups is 1. The van der Waals surface area contributed by atoms with Crippen LogP contribution in [0, 0.1) is 5.92 Å². The zero-order chi connectivity index (χ0) is 13.1. The van der Waals surface area contributed by atoms with Crippen molar-refractivity contribution in [3.63, 3.8) is 0 Å². The van der Waals surface area contributed by atoms with Crippen molar-refractivity contribution in [3.05, 3.63) is 0 Å².